The molecular weight excluding hydrogens is 342 g/mol. The van der Waals surface area contributed by atoms with Gasteiger partial charge in [-0.05, 0) is 24.3 Å². The van der Waals surface area contributed by atoms with E-state index in [-0.39, 0.29) is 12.5 Å². The van der Waals surface area contributed by atoms with Crippen LogP contribution >= 0.6 is 11.6 Å². The Labute approximate surface area is 154 Å². The van der Waals surface area contributed by atoms with Crippen LogP contribution in [0.2, 0.25) is 5.02 Å². The average Bonchev–Trinajstić information content (AvgIpc) is 2.65. The van der Waals surface area contributed by atoms with Gasteiger partial charge in [-0.15, -0.1) is 0 Å². The van der Waals surface area contributed by atoms with Crippen LogP contribution in [-0.4, -0.2) is 76.8 Å². The number of benzene rings is 1. The first-order valence-electron chi connectivity index (χ1n) is 8.36. The van der Waals surface area contributed by atoms with E-state index in [1.807, 2.05) is 29.2 Å². The van der Waals surface area contributed by atoms with Crippen LogP contribution in [0.5, 0.6) is 0 Å². The fraction of sp³-hybridized carbons (Fsp3) is 0.529. The summed E-state index contributed by atoms with van der Waals surface area (Å²) in [6.45, 7) is 4.50. The number of hydrogen-bond donors (Lipinski definition) is 2. The number of nitrogens with one attached hydrogen (secondary N) is 2. The number of hydrogen-bond acceptors (Lipinski definition) is 4. The van der Waals surface area contributed by atoms with Gasteiger partial charge < -0.3 is 25.2 Å². The number of guanidine groups is 1. The minimum absolute atomic E-state index is 0.0745. The molecule has 0 spiro atoms. The number of anilines is 1. The predicted molar refractivity (Wildman–Crippen MR) is 101 cm³/mol. The lowest BCUT2D eigenvalue weighted by atomic mass is 10.2. The Balaban J connectivity index is 1.74. The molecule has 138 valence electrons. The van der Waals surface area contributed by atoms with Crippen molar-refractivity contribution in [2.75, 3.05) is 64.9 Å². The van der Waals surface area contributed by atoms with Gasteiger partial charge in [0.2, 0.25) is 5.91 Å². The van der Waals surface area contributed by atoms with Crippen molar-refractivity contribution < 1.29 is 9.53 Å². The highest BCUT2D eigenvalue weighted by Crippen LogP contribution is 2.19. The lowest BCUT2D eigenvalue weighted by Gasteiger charge is -2.36. The maximum atomic E-state index is 12.4. The number of rotatable bonds is 6. The molecule has 8 heteroatoms. The first-order chi connectivity index (χ1) is 12.1. The molecule has 25 heavy (non-hydrogen) atoms. The number of nitrogens with zero attached hydrogens (tertiary/aromatic N) is 3. The SMILES string of the molecule is CN=C(NCCOC)NCC(=O)N1CCN(c2ccc(Cl)cc2)CC1. The molecule has 0 aliphatic carbocycles. The number of piperazine rings is 1. The number of carbonyl (C=O) groups excluding carboxylic acids is 1. The summed E-state index contributed by atoms with van der Waals surface area (Å²) in [5.41, 5.74) is 1.14. The molecule has 1 aromatic rings. The number of halogens is 1. The molecule has 7 nitrogen and oxygen atoms in total. The second-order valence-corrected chi connectivity index (χ2v) is 6.13. The second kappa shape index (κ2) is 10.1. The Kier molecular flexibility index (Phi) is 7.81. The van der Waals surface area contributed by atoms with E-state index in [1.165, 1.54) is 0 Å². The molecule has 1 aromatic carbocycles. The molecule has 1 heterocycles. The molecule has 2 N–H and O–H groups in total. The number of amides is 1. The van der Waals surface area contributed by atoms with Gasteiger partial charge in [0.25, 0.3) is 0 Å². The normalized spacial score (nSPS) is 15.2. The maximum absolute atomic E-state index is 12.4. The van der Waals surface area contributed by atoms with Gasteiger partial charge in [0.1, 0.15) is 0 Å². The van der Waals surface area contributed by atoms with E-state index in [4.69, 9.17) is 16.3 Å². The molecule has 1 fully saturated rings. The highest BCUT2D eigenvalue weighted by Gasteiger charge is 2.21. The van der Waals surface area contributed by atoms with Crippen molar-refractivity contribution in [1.29, 1.82) is 0 Å². The third-order valence-electron chi connectivity index (χ3n) is 4.05. The van der Waals surface area contributed by atoms with Crippen molar-refractivity contribution in [1.82, 2.24) is 15.5 Å². The lowest BCUT2D eigenvalue weighted by Crippen LogP contribution is -2.52. The van der Waals surface area contributed by atoms with Crippen molar-refractivity contribution in [2.45, 2.75) is 0 Å². The predicted octanol–water partition coefficient (Wildman–Crippen LogP) is 0.800. The van der Waals surface area contributed by atoms with Gasteiger partial charge in [0.05, 0.1) is 13.2 Å². The van der Waals surface area contributed by atoms with Crippen molar-refractivity contribution in [3.8, 4) is 0 Å². The van der Waals surface area contributed by atoms with Crippen LogP contribution in [0, 0.1) is 0 Å². The smallest absolute Gasteiger partial charge is 0.242 e. The number of carbonyl (C=O) groups is 1. The van der Waals surface area contributed by atoms with Crippen LogP contribution in [0.1, 0.15) is 0 Å². The van der Waals surface area contributed by atoms with Gasteiger partial charge >= 0.3 is 0 Å². The van der Waals surface area contributed by atoms with Crippen molar-refractivity contribution in [3.63, 3.8) is 0 Å². The fourth-order valence-corrected chi connectivity index (χ4v) is 2.76. The van der Waals surface area contributed by atoms with E-state index in [1.54, 1.807) is 14.2 Å². The quantitative estimate of drug-likeness (QED) is 0.442. The largest absolute Gasteiger partial charge is 0.383 e. The van der Waals surface area contributed by atoms with Gasteiger partial charge in [0, 0.05) is 57.6 Å². The Morgan fingerprint density at radius 1 is 1.20 bits per heavy atom. The molecule has 0 radical (unpaired) electrons. The molecule has 1 saturated heterocycles. The first kappa shape index (κ1) is 19.3. The van der Waals surface area contributed by atoms with E-state index < -0.39 is 0 Å². The number of ether oxygens (including phenoxy) is 1. The molecule has 0 atom stereocenters. The van der Waals surface area contributed by atoms with Crippen LogP contribution in [-0.2, 0) is 9.53 Å². The molecule has 1 amide bonds. The van der Waals surface area contributed by atoms with Crippen LogP contribution in [0.3, 0.4) is 0 Å². The molecule has 0 bridgehead atoms. The minimum atomic E-state index is 0.0745. The van der Waals surface area contributed by atoms with Crippen LogP contribution in [0.25, 0.3) is 0 Å². The summed E-state index contributed by atoms with van der Waals surface area (Å²) in [7, 11) is 3.32. The summed E-state index contributed by atoms with van der Waals surface area (Å²) < 4.78 is 4.98. The monoisotopic (exact) mass is 367 g/mol. The van der Waals surface area contributed by atoms with Gasteiger partial charge in [-0.25, -0.2) is 0 Å². The van der Waals surface area contributed by atoms with E-state index >= 15 is 0 Å². The highest BCUT2D eigenvalue weighted by molar-refractivity contribution is 6.30. The van der Waals surface area contributed by atoms with Crippen LogP contribution < -0.4 is 15.5 Å². The summed E-state index contributed by atoms with van der Waals surface area (Å²) in [4.78, 5) is 20.6. The van der Waals surface area contributed by atoms with E-state index in [2.05, 4.69) is 20.5 Å². The zero-order valence-corrected chi connectivity index (χ0v) is 15.6. The Morgan fingerprint density at radius 2 is 1.88 bits per heavy atom. The van der Waals surface area contributed by atoms with Crippen molar-refractivity contribution in [2.24, 2.45) is 4.99 Å². The standard InChI is InChI=1S/C17H26ClN5O2/c1-19-17(20-7-12-25-2)21-13-16(24)23-10-8-22(9-11-23)15-5-3-14(18)4-6-15/h3-6H,7-13H2,1-2H3,(H2,19,20,21). The number of aliphatic imine (C=N–C) groups is 1. The maximum Gasteiger partial charge on any atom is 0.242 e. The summed E-state index contributed by atoms with van der Waals surface area (Å²) in [5, 5.41) is 6.86. The minimum Gasteiger partial charge on any atom is -0.383 e. The molecule has 0 saturated carbocycles. The zero-order chi connectivity index (χ0) is 18.1. The van der Waals surface area contributed by atoms with E-state index in [9.17, 15) is 4.79 Å². The van der Waals surface area contributed by atoms with Gasteiger partial charge in [0.15, 0.2) is 5.96 Å². The van der Waals surface area contributed by atoms with Crippen LogP contribution in [0.4, 0.5) is 5.69 Å². The summed E-state index contributed by atoms with van der Waals surface area (Å²) in [6.07, 6.45) is 0. The fourth-order valence-electron chi connectivity index (χ4n) is 2.63. The summed E-state index contributed by atoms with van der Waals surface area (Å²) in [6, 6.07) is 7.80. The Bertz CT molecular complexity index is 571. The number of methoxy groups -OCH3 is 1. The summed E-state index contributed by atoms with van der Waals surface area (Å²) in [5.74, 6) is 0.677. The lowest BCUT2D eigenvalue weighted by molar-refractivity contribution is -0.130. The van der Waals surface area contributed by atoms with Crippen LogP contribution in [0.15, 0.2) is 29.3 Å². The topological polar surface area (TPSA) is 69.2 Å². The first-order valence-corrected chi connectivity index (χ1v) is 8.73. The summed E-state index contributed by atoms with van der Waals surface area (Å²) >= 11 is 5.93. The molecule has 2 rings (SSSR count). The molecule has 0 unspecified atom stereocenters. The average molecular weight is 368 g/mol. The highest BCUT2D eigenvalue weighted by atomic mass is 35.5. The molecule has 1 aliphatic rings. The second-order valence-electron chi connectivity index (χ2n) is 5.69. The van der Waals surface area contributed by atoms with Gasteiger partial charge in [-0.2, -0.15) is 0 Å². The third-order valence-corrected chi connectivity index (χ3v) is 4.31. The Hall–Kier alpha value is -1.99. The van der Waals surface area contributed by atoms with Gasteiger partial charge in [-0.3, -0.25) is 9.79 Å². The van der Waals surface area contributed by atoms with E-state index in [0.717, 1.165) is 23.8 Å². The van der Waals surface area contributed by atoms with Gasteiger partial charge in [-0.1, -0.05) is 11.6 Å². The third kappa shape index (κ3) is 6.10. The zero-order valence-electron chi connectivity index (χ0n) is 14.8. The molecule has 1 aliphatic heterocycles. The molecule has 0 aromatic heterocycles. The van der Waals surface area contributed by atoms with E-state index in [0.29, 0.717) is 32.2 Å². The molecular formula is C17H26ClN5O2. The van der Waals surface area contributed by atoms with Crippen molar-refractivity contribution in [3.05, 3.63) is 29.3 Å². The Morgan fingerprint density at radius 3 is 2.48 bits per heavy atom. The van der Waals surface area contributed by atoms with Crippen molar-refractivity contribution >= 4 is 29.2 Å².